The fourth-order valence-corrected chi connectivity index (χ4v) is 3.51. The third-order valence-corrected chi connectivity index (χ3v) is 4.82. The lowest BCUT2D eigenvalue weighted by Gasteiger charge is -2.08. The predicted molar refractivity (Wildman–Crippen MR) is 112 cm³/mol. The molecule has 0 atom stereocenters. The summed E-state index contributed by atoms with van der Waals surface area (Å²) in [5.74, 6) is -3.23. The number of ether oxygens (including phenoxy) is 1. The predicted octanol–water partition coefficient (Wildman–Crippen LogP) is 4.21. The molecule has 2 aromatic heterocycles. The maximum absolute atomic E-state index is 12.6. The van der Waals surface area contributed by atoms with Crippen LogP contribution in [0.25, 0.3) is 11.3 Å². The second-order valence-corrected chi connectivity index (χ2v) is 7.32. The van der Waals surface area contributed by atoms with Gasteiger partial charge in [0.1, 0.15) is 21.6 Å². The molecule has 2 amide bonds. The van der Waals surface area contributed by atoms with Crippen LogP contribution >= 0.6 is 46.4 Å². The lowest BCUT2D eigenvalue weighted by Crippen LogP contribution is -2.42. The number of halogens is 4. The number of hydrogen-bond acceptors (Lipinski definition) is 7. The summed E-state index contributed by atoms with van der Waals surface area (Å²) in [5, 5.41) is 4.03. The van der Waals surface area contributed by atoms with Crippen LogP contribution in [0.3, 0.4) is 0 Å². The monoisotopic (exact) mass is 502 g/mol. The average Bonchev–Trinajstić information content (AvgIpc) is 3.15. The van der Waals surface area contributed by atoms with Crippen LogP contribution in [0.5, 0.6) is 0 Å². The van der Waals surface area contributed by atoms with Crippen molar-refractivity contribution in [1.82, 2.24) is 21.0 Å². The van der Waals surface area contributed by atoms with Gasteiger partial charge >= 0.3 is 11.9 Å². The van der Waals surface area contributed by atoms with Crippen LogP contribution in [0.2, 0.25) is 20.4 Å². The minimum atomic E-state index is -0.998. The van der Waals surface area contributed by atoms with Crippen molar-refractivity contribution < 1.29 is 23.6 Å². The molecule has 9 nitrogen and oxygen atoms in total. The molecule has 2 N–H and O–H groups in total. The van der Waals surface area contributed by atoms with Gasteiger partial charge in [0, 0.05) is 11.1 Å². The highest BCUT2D eigenvalue weighted by molar-refractivity contribution is 6.39. The number of carbonyl (C=O) groups excluding carboxylic acids is 3. The van der Waals surface area contributed by atoms with Crippen molar-refractivity contribution in [3.05, 3.63) is 67.6 Å². The smallest absolute Gasteiger partial charge is 0.344 e. The zero-order chi connectivity index (χ0) is 22.7. The van der Waals surface area contributed by atoms with E-state index in [0.29, 0.717) is 0 Å². The van der Waals surface area contributed by atoms with E-state index >= 15 is 0 Å². The molecule has 0 aliphatic carbocycles. The maximum atomic E-state index is 12.6. The summed E-state index contributed by atoms with van der Waals surface area (Å²) in [5.41, 5.74) is 3.98. The van der Waals surface area contributed by atoms with Crippen LogP contribution in [-0.4, -0.2) is 35.0 Å². The molecule has 31 heavy (non-hydrogen) atoms. The van der Waals surface area contributed by atoms with Crippen molar-refractivity contribution >= 4 is 64.2 Å². The van der Waals surface area contributed by atoms with Crippen LogP contribution in [-0.2, 0) is 4.74 Å². The summed E-state index contributed by atoms with van der Waals surface area (Å²) < 4.78 is 9.76. The van der Waals surface area contributed by atoms with Gasteiger partial charge in [-0.25, -0.2) is 9.78 Å². The van der Waals surface area contributed by atoms with Crippen LogP contribution in [0.4, 0.5) is 0 Å². The summed E-state index contributed by atoms with van der Waals surface area (Å²) in [7, 11) is 1.10. The number of pyridine rings is 1. The molecule has 0 aliphatic heterocycles. The van der Waals surface area contributed by atoms with E-state index in [4.69, 9.17) is 55.7 Å². The second-order valence-electron chi connectivity index (χ2n) is 5.73. The van der Waals surface area contributed by atoms with Gasteiger partial charge in [-0.3, -0.25) is 20.4 Å². The lowest BCUT2D eigenvalue weighted by molar-refractivity contribution is 0.0594. The zero-order valence-electron chi connectivity index (χ0n) is 15.3. The summed E-state index contributed by atoms with van der Waals surface area (Å²) >= 11 is 23.8. The molecule has 2 heterocycles. The van der Waals surface area contributed by atoms with Gasteiger partial charge in [0.2, 0.25) is 5.76 Å². The highest BCUT2D eigenvalue weighted by Gasteiger charge is 2.31. The van der Waals surface area contributed by atoms with Gasteiger partial charge in [-0.2, -0.15) is 0 Å². The van der Waals surface area contributed by atoms with Crippen LogP contribution in [0.1, 0.15) is 31.3 Å². The third-order valence-electron chi connectivity index (χ3n) is 3.80. The van der Waals surface area contributed by atoms with Crippen LogP contribution in [0, 0.1) is 0 Å². The highest BCUT2D eigenvalue weighted by Crippen LogP contribution is 2.37. The van der Waals surface area contributed by atoms with Gasteiger partial charge in [0.15, 0.2) is 0 Å². The number of benzene rings is 1. The first-order chi connectivity index (χ1) is 14.7. The lowest BCUT2D eigenvalue weighted by atomic mass is 10.1. The minimum Gasteiger partial charge on any atom is -0.465 e. The number of amides is 2. The topological polar surface area (TPSA) is 123 Å². The molecule has 0 radical (unpaired) electrons. The molecule has 0 unspecified atom stereocenters. The van der Waals surface area contributed by atoms with E-state index in [9.17, 15) is 14.4 Å². The number of esters is 1. The molecule has 160 valence electrons. The van der Waals surface area contributed by atoms with Gasteiger partial charge < -0.3 is 9.26 Å². The Morgan fingerprint density at radius 1 is 0.968 bits per heavy atom. The van der Waals surface area contributed by atoms with E-state index in [0.717, 1.165) is 7.11 Å². The van der Waals surface area contributed by atoms with Gasteiger partial charge in [0.25, 0.3) is 5.91 Å². The first-order valence-electron chi connectivity index (χ1n) is 8.19. The van der Waals surface area contributed by atoms with Gasteiger partial charge in [0.05, 0.1) is 17.2 Å². The first kappa shape index (κ1) is 22.8. The molecule has 0 saturated heterocycles. The molecule has 0 saturated carbocycles. The van der Waals surface area contributed by atoms with Crippen molar-refractivity contribution in [2.24, 2.45) is 0 Å². The zero-order valence-corrected chi connectivity index (χ0v) is 18.4. The number of rotatable bonds is 4. The first-order valence-corrected chi connectivity index (χ1v) is 9.70. The molecule has 13 heteroatoms. The van der Waals surface area contributed by atoms with Crippen LogP contribution < -0.4 is 10.9 Å². The Kier molecular flexibility index (Phi) is 7.01. The average molecular weight is 504 g/mol. The Hall–Kier alpha value is -2.85. The normalized spacial score (nSPS) is 10.5. The largest absolute Gasteiger partial charge is 0.465 e. The van der Waals surface area contributed by atoms with Gasteiger partial charge in [-0.05, 0) is 24.3 Å². The molecular formula is C18H10Cl4N4O5. The molecular weight excluding hydrogens is 494 g/mol. The van der Waals surface area contributed by atoms with Crippen molar-refractivity contribution in [3.63, 3.8) is 0 Å². The Morgan fingerprint density at radius 2 is 1.55 bits per heavy atom. The van der Waals surface area contributed by atoms with Gasteiger partial charge in [-0.1, -0.05) is 57.6 Å². The maximum Gasteiger partial charge on any atom is 0.344 e. The summed E-state index contributed by atoms with van der Waals surface area (Å²) in [6.07, 6.45) is 0. The van der Waals surface area contributed by atoms with E-state index in [1.54, 1.807) is 6.07 Å². The van der Waals surface area contributed by atoms with E-state index in [1.165, 1.54) is 24.3 Å². The molecule has 0 bridgehead atoms. The minimum absolute atomic E-state index is 0.0200. The number of nitrogens with one attached hydrogen (secondary N) is 2. The molecule has 0 aliphatic rings. The fraction of sp³-hybridized carbons (Fsp3) is 0.0556. The molecule has 3 aromatic rings. The standard InChI is InChI=1S/C18H10Cl4N4O5/c1-30-18(29)13-14(12-8(19)3-2-4-9(12)20)26-31-15(13)17(28)25-24-16(27)7-5-10(21)23-11(22)6-7/h2-6H,1H3,(H,24,27)(H,25,28). The Bertz CT molecular complexity index is 1160. The van der Waals surface area contributed by atoms with Crippen molar-refractivity contribution in [2.45, 2.75) is 0 Å². The van der Waals surface area contributed by atoms with Crippen LogP contribution in [0.15, 0.2) is 34.9 Å². The summed E-state index contributed by atoms with van der Waals surface area (Å²) in [4.78, 5) is 40.9. The quantitative estimate of drug-likeness (QED) is 0.310. The number of carbonyl (C=O) groups is 3. The number of hydrogen-bond donors (Lipinski definition) is 2. The van der Waals surface area contributed by atoms with E-state index in [2.05, 4.69) is 21.0 Å². The molecule has 1 aromatic carbocycles. The van der Waals surface area contributed by atoms with E-state index in [-0.39, 0.29) is 42.7 Å². The van der Waals surface area contributed by atoms with E-state index < -0.39 is 23.5 Å². The van der Waals surface area contributed by atoms with Gasteiger partial charge in [-0.15, -0.1) is 0 Å². The highest BCUT2D eigenvalue weighted by atomic mass is 35.5. The Labute approximate surface area is 194 Å². The Balaban J connectivity index is 1.90. The van der Waals surface area contributed by atoms with E-state index in [1.807, 2.05) is 0 Å². The molecule has 0 spiro atoms. The van der Waals surface area contributed by atoms with Crippen molar-refractivity contribution in [1.29, 1.82) is 0 Å². The second kappa shape index (κ2) is 9.52. The third kappa shape index (κ3) is 4.91. The number of methoxy groups -OCH3 is 1. The fourth-order valence-electron chi connectivity index (χ4n) is 2.47. The summed E-state index contributed by atoms with van der Waals surface area (Å²) in [6.45, 7) is 0. The number of hydrazine groups is 1. The number of nitrogens with zero attached hydrogens (tertiary/aromatic N) is 2. The van der Waals surface area contributed by atoms with Crippen molar-refractivity contribution in [2.75, 3.05) is 7.11 Å². The summed E-state index contributed by atoms with van der Waals surface area (Å²) in [6, 6.07) is 7.10. The van der Waals surface area contributed by atoms with Crippen molar-refractivity contribution in [3.8, 4) is 11.3 Å². The SMILES string of the molecule is COC(=O)c1c(-c2c(Cl)cccc2Cl)noc1C(=O)NNC(=O)c1cc(Cl)nc(Cl)c1. The molecule has 3 rings (SSSR count). The Morgan fingerprint density at radius 3 is 2.13 bits per heavy atom. The number of aromatic nitrogens is 2. The molecule has 0 fully saturated rings.